The zero-order valence-corrected chi connectivity index (χ0v) is 12.2. The molecule has 0 saturated heterocycles. The van der Waals surface area contributed by atoms with Crippen molar-refractivity contribution in [3.8, 4) is 11.8 Å². The molecular weight excluding hydrogens is 254 g/mol. The monoisotopic (exact) mass is 271 g/mol. The van der Waals surface area contributed by atoms with Gasteiger partial charge < -0.3 is 0 Å². The van der Waals surface area contributed by atoms with Crippen molar-refractivity contribution in [2.45, 2.75) is 37.1 Å². The van der Waals surface area contributed by atoms with E-state index in [-0.39, 0.29) is 5.25 Å². The maximum absolute atomic E-state index is 8.88. The van der Waals surface area contributed by atoms with E-state index in [2.05, 4.69) is 49.2 Å². The molecule has 2 rings (SSSR count). The Bertz CT molecular complexity index is 578. The molecule has 19 heavy (non-hydrogen) atoms. The lowest BCUT2D eigenvalue weighted by Gasteiger charge is -2.10. The van der Waals surface area contributed by atoms with E-state index >= 15 is 0 Å². The fourth-order valence-electron chi connectivity index (χ4n) is 1.78. The number of aromatic nitrogens is 2. The van der Waals surface area contributed by atoms with Gasteiger partial charge in [-0.2, -0.15) is 5.26 Å². The van der Waals surface area contributed by atoms with Crippen LogP contribution in [0.25, 0.3) is 5.69 Å². The first-order chi connectivity index (χ1) is 9.11. The van der Waals surface area contributed by atoms with Gasteiger partial charge in [-0.15, -0.1) is 0 Å². The van der Waals surface area contributed by atoms with Crippen LogP contribution in [0, 0.1) is 11.3 Å². The largest absolute Gasteiger partial charge is 0.295 e. The molecule has 0 fully saturated rings. The van der Waals surface area contributed by atoms with Gasteiger partial charge in [0.25, 0.3) is 0 Å². The predicted octanol–water partition coefficient (Wildman–Crippen LogP) is 4.00. The minimum Gasteiger partial charge on any atom is -0.295 e. The molecule has 0 aliphatic rings. The minimum absolute atomic E-state index is 0.101. The first-order valence-corrected chi connectivity index (χ1v) is 7.19. The van der Waals surface area contributed by atoms with E-state index in [4.69, 9.17) is 5.26 Å². The Kier molecular flexibility index (Phi) is 4.28. The van der Waals surface area contributed by atoms with Crippen LogP contribution in [0.2, 0.25) is 0 Å². The number of rotatable bonds is 4. The third-order valence-corrected chi connectivity index (χ3v) is 3.88. The molecule has 3 nitrogen and oxygen atoms in total. The van der Waals surface area contributed by atoms with E-state index in [0.29, 0.717) is 5.92 Å². The molecule has 1 heterocycles. The Hall–Kier alpha value is -1.73. The fourth-order valence-corrected chi connectivity index (χ4v) is 2.55. The van der Waals surface area contributed by atoms with Gasteiger partial charge >= 0.3 is 0 Å². The number of thioether (sulfide) groups is 1. The summed E-state index contributed by atoms with van der Waals surface area (Å²) < 4.78 is 2.02. The Balaban J connectivity index is 2.27. The lowest BCUT2D eigenvalue weighted by molar-refractivity contribution is 0.858. The molecule has 2 aromatic rings. The van der Waals surface area contributed by atoms with Crippen LogP contribution in [-0.4, -0.2) is 14.8 Å². The summed E-state index contributed by atoms with van der Waals surface area (Å²) in [5, 5.41) is 9.64. The molecule has 0 aliphatic heterocycles. The maximum Gasteiger partial charge on any atom is 0.173 e. The van der Waals surface area contributed by atoms with Crippen LogP contribution in [0.1, 0.15) is 32.3 Å². The highest BCUT2D eigenvalue weighted by atomic mass is 32.2. The summed E-state index contributed by atoms with van der Waals surface area (Å²) in [6, 6.07) is 10.7. The van der Waals surface area contributed by atoms with Gasteiger partial charge in [0.1, 0.15) is 0 Å². The Morgan fingerprint density at radius 3 is 2.47 bits per heavy atom. The van der Waals surface area contributed by atoms with Crippen LogP contribution < -0.4 is 0 Å². The molecule has 98 valence electrons. The van der Waals surface area contributed by atoms with E-state index in [0.717, 1.165) is 10.8 Å². The van der Waals surface area contributed by atoms with Gasteiger partial charge in [0.05, 0.1) is 11.3 Å². The Morgan fingerprint density at radius 1 is 1.21 bits per heavy atom. The highest BCUT2D eigenvalue weighted by Gasteiger charge is 2.10. The number of nitriles is 1. The van der Waals surface area contributed by atoms with Gasteiger partial charge in [-0.05, 0) is 30.5 Å². The molecule has 1 aromatic heterocycles. The van der Waals surface area contributed by atoms with Crippen molar-refractivity contribution in [1.82, 2.24) is 9.55 Å². The third kappa shape index (κ3) is 3.18. The summed E-state index contributed by atoms with van der Waals surface area (Å²) in [4.78, 5) is 4.31. The normalized spacial score (nSPS) is 12.4. The molecule has 0 bridgehead atoms. The first kappa shape index (κ1) is 13.7. The van der Waals surface area contributed by atoms with Crippen LogP contribution >= 0.6 is 11.8 Å². The lowest BCUT2D eigenvalue weighted by atomic mass is 10.0. The highest BCUT2D eigenvalue weighted by Crippen LogP contribution is 2.25. The summed E-state index contributed by atoms with van der Waals surface area (Å²) >= 11 is 1.47. The highest BCUT2D eigenvalue weighted by molar-refractivity contribution is 8.00. The number of benzene rings is 1. The quantitative estimate of drug-likeness (QED) is 0.789. The van der Waals surface area contributed by atoms with Crippen LogP contribution in [-0.2, 0) is 0 Å². The van der Waals surface area contributed by atoms with Gasteiger partial charge in [0, 0.05) is 18.1 Å². The molecule has 1 aromatic carbocycles. The summed E-state index contributed by atoms with van der Waals surface area (Å²) in [6.07, 6.45) is 3.69. The molecule has 4 heteroatoms. The van der Waals surface area contributed by atoms with Crippen molar-refractivity contribution < 1.29 is 0 Å². The average molecular weight is 271 g/mol. The van der Waals surface area contributed by atoms with E-state index in [1.54, 1.807) is 6.20 Å². The van der Waals surface area contributed by atoms with Gasteiger partial charge in [0.2, 0.25) is 0 Å². The predicted molar refractivity (Wildman–Crippen MR) is 78.6 cm³/mol. The SMILES string of the molecule is CC(C#N)Sc1nccn1-c1ccc(C(C)C)cc1. The minimum atomic E-state index is -0.101. The second-order valence-electron chi connectivity index (χ2n) is 4.72. The number of hydrogen-bond donors (Lipinski definition) is 0. The van der Waals surface area contributed by atoms with Crippen molar-refractivity contribution in [3.63, 3.8) is 0 Å². The molecule has 0 radical (unpaired) electrons. The van der Waals surface area contributed by atoms with Gasteiger partial charge in [-0.1, -0.05) is 37.7 Å². The number of imidazole rings is 1. The molecule has 1 atom stereocenters. The second kappa shape index (κ2) is 5.94. The van der Waals surface area contributed by atoms with Crippen molar-refractivity contribution >= 4 is 11.8 Å². The van der Waals surface area contributed by atoms with Gasteiger partial charge in [0.15, 0.2) is 5.16 Å². The van der Waals surface area contributed by atoms with Crippen molar-refractivity contribution in [3.05, 3.63) is 42.2 Å². The molecular formula is C15H17N3S. The molecule has 0 N–H and O–H groups in total. The smallest absolute Gasteiger partial charge is 0.173 e. The van der Waals surface area contributed by atoms with Gasteiger partial charge in [-0.25, -0.2) is 4.98 Å². The summed E-state index contributed by atoms with van der Waals surface area (Å²) in [7, 11) is 0. The van der Waals surface area contributed by atoms with E-state index in [1.165, 1.54) is 17.3 Å². The number of hydrogen-bond acceptors (Lipinski definition) is 3. The molecule has 0 saturated carbocycles. The fraction of sp³-hybridized carbons (Fsp3) is 0.333. The van der Waals surface area contributed by atoms with Gasteiger partial charge in [-0.3, -0.25) is 4.57 Å². The van der Waals surface area contributed by atoms with Crippen molar-refractivity contribution in [1.29, 1.82) is 5.26 Å². The standard InChI is InChI=1S/C15H17N3S/c1-11(2)13-4-6-14(7-5-13)18-9-8-17-15(18)19-12(3)10-16/h4-9,11-12H,1-3H3. The summed E-state index contributed by atoms with van der Waals surface area (Å²) in [5.74, 6) is 0.532. The Morgan fingerprint density at radius 2 is 1.89 bits per heavy atom. The van der Waals surface area contributed by atoms with Crippen LogP contribution in [0.3, 0.4) is 0 Å². The Labute approximate surface area is 118 Å². The molecule has 1 unspecified atom stereocenters. The topological polar surface area (TPSA) is 41.6 Å². The lowest BCUT2D eigenvalue weighted by Crippen LogP contribution is -1.99. The van der Waals surface area contributed by atoms with Crippen LogP contribution in [0.4, 0.5) is 0 Å². The molecule has 0 spiro atoms. The van der Waals surface area contributed by atoms with E-state index in [9.17, 15) is 0 Å². The zero-order chi connectivity index (χ0) is 13.8. The first-order valence-electron chi connectivity index (χ1n) is 6.31. The summed E-state index contributed by atoms with van der Waals surface area (Å²) in [6.45, 7) is 6.25. The summed E-state index contributed by atoms with van der Waals surface area (Å²) in [5.41, 5.74) is 2.40. The second-order valence-corrected chi connectivity index (χ2v) is 6.02. The maximum atomic E-state index is 8.88. The molecule has 0 aliphatic carbocycles. The third-order valence-electron chi connectivity index (χ3n) is 2.91. The van der Waals surface area contributed by atoms with Crippen molar-refractivity contribution in [2.24, 2.45) is 0 Å². The molecule has 0 amide bonds. The van der Waals surface area contributed by atoms with Crippen LogP contribution in [0.15, 0.2) is 41.8 Å². The van der Waals surface area contributed by atoms with E-state index in [1.807, 2.05) is 17.7 Å². The van der Waals surface area contributed by atoms with E-state index < -0.39 is 0 Å². The zero-order valence-electron chi connectivity index (χ0n) is 11.4. The average Bonchev–Trinajstić information content (AvgIpc) is 2.86. The van der Waals surface area contributed by atoms with Crippen LogP contribution in [0.5, 0.6) is 0 Å². The van der Waals surface area contributed by atoms with Crippen molar-refractivity contribution in [2.75, 3.05) is 0 Å². The number of nitrogens with zero attached hydrogens (tertiary/aromatic N) is 3.